The summed E-state index contributed by atoms with van der Waals surface area (Å²) in [5.41, 5.74) is 1.50. The molecule has 2 aromatic rings. The van der Waals surface area contributed by atoms with E-state index in [1.54, 1.807) is 25.3 Å². The third kappa shape index (κ3) is 4.42. The maximum atomic E-state index is 12.9. The summed E-state index contributed by atoms with van der Waals surface area (Å²) in [7, 11) is 1.61. The first-order valence-corrected chi connectivity index (χ1v) is 10.7. The molecule has 27 heavy (non-hydrogen) atoms. The molecule has 140 valence electrons. The lowest BCUT2D eigenvalue weighted by molar-refractivity contribution is -0.113. The van der Waals surface area contributed by atoms with Crippen LogP contribution in [0.5, 0.6) is 11.5 Å². The van der Waals surface area contributed by atoms with E-state index < -0.39 is 0 Å². The third-order valence-corrected chi connectivity index (χ3v) is 6.03. The van der Waals surface area contributed by atoms with Crippen LogP contribution in [-0.4, -0.2) is 23.9 Å². The minimum atomic E-state index is -0.170. The van der Waals surface area contributed by atoms with Crippen molar-refractivity contribution >= 4 is 80.2 Å². The first kappa shape index (κ1) is 20.4. The fourth-order valence-corrected chi connectivity index (χ4v) is 4.92. The lowest BCUT2D eigenvalue weighted by Gasteiger charge is -2.14. The number of anilines is 1. The van der Waals surface area contributed by atoms with Crippen LogP contribution >= 0.6 is 58.2 Å². The van der Waals surface area contributed by atoms with E-state index in [0.29, 0.717) is 38.0 Å². The molecule has 1 aliphatic heterocycles. The number of carbonyl (C=O) groups excluding carboxylic acids is 1. The second kappa shape index (κ2) is 8.81. The van der Waals surface area contributed by atoms with E-state index in [1.807, 2.05) is 31.2 Å². The van der Waals surface area contributed by atoms with Gasteiger partial charge in [0.15, 0.2) is 15.8 Å². The zero-order valence-electron chi connectivity index (χ0n) is 14.5. The number of carbonyl (C=O) groups is 1. The quantitative estimate of drug-likeness (QED) is 0.279. The molecule has 0 unspecified atom stereocenters. The minimum Gasteiger partial charge on any atom is -0.492 e. The number of methoxy groups -OCH3 is 1. The van der Waals surface area contributed by atoms with Crippen molar-refractivity contribution in [1.29, 1.82) is 0 Å². The predicted octanol–water partition coefficient (Wildman–Crippen LogP) is 5.76. The van der Waals surface area contributed by atoms with E-state index in [1.165, 1.54) is 16.7 Å². The molecule has 1 saturated heterocycles. The van der Waals surface area contributed by atoms with Gasteiger partial charge < -0.3 is 9.47 Å². The van der Waals surface area contributed by atoms with Crippen molar-refractivity contribution in [2.75, 3.05) is 18.6 Å². The lowest BCUT2D eigenvalue weighted by Crippen LogP contribution is -2.27. The maximum absolute atomic E-state index is 12.9. The summed E-state index contributed by atoms with van der Waals surface area (Å²) in [5.74, 6) is 1.15. The molecule has 0 radical (unpaired) electrons. The van der Waals surface area contributed by atoms with Crippen molar-refractivity contribution in [3.05, 3.63) is 55.5 Å². The molecule has 0 N–H and O–H groups in total. The molecular formula is C19H15ClINO3S2. The van der Waals surface area contributed by atoms with Gasteiger partial charge in [0, 0.05) is 5.02 Å². The molecule has 4 nitrogen and oxygen atoms in total. The van der Waals surface area contributed by atoms with Gasteiger partial charge in [-0.1, -0.05) is 41.6 Å². The summed E-state index contributed by atoms with van der Waals surface area (Å²) < 4.78 is 12.4. The van der Waals surface area contributed by atoms with E-state index >= 15 is 0 Å². The molecule has 0 atom stereocenters. The van der Waals surface area contributed by atoms with Crippen LogP contribution in [0.2, 0.25) is 5.02 Å². The van der Waals surface area contributed by atoms with Gasteiger partial charge in [-0.05, 0) is 71.5 Å². The Bertz CT molecular complexity index is 949. The van der Waals surface area contributed by atoms with Crippen LogP contribution in [0, 0.1) is 3.57 Å². The fourth-order valence-electron chi connectivity index (χ4n) is 2.59. The molecule has 1 heterocycles. The van der Waals surface area contributed by atoms with Crippen molar-refractivity contribution < 1.29 is 14.3 Å². The number of amides is 1. The summed E-state index contributed by atoms with van der Waals surface area (Å²) in [6, 6.07) is 10.9. The molecule has 1 amide bonds. The van der Waals surface area contributed by atoms with E-state index in [0.717, 1.165) is 9.13 Å². The van der Waals surface area contributed by atoms with Gasteiger partial charge in [0.2, 0.25) is 0 Å². The maximum Gasteiger partial charge on any atom is 0.270 e. The van der Waals surface area contributed by atoms with Gasteiger partial charge in [0.25, 0.3) is 5.91 Å². The Kier molecular flexibility index (Phi) is 6.67. The first-order valence-electron chi connectivity index (χ1n) is 7.98. The van der Waals surface area contributed by atoms with Crippen LogP contribution < -0.4 is 14.4 Å². The highest BCUT2D eigenvalue weighted by molar-refractivity contribution is 14.1. The number of benzene rings is 2. The van der Waals surface area contributed by atoms with Gasteiger partial charge >= 0.3 is 0 Å². The predicted molar refractivity (Wildman–Crippen MR) is 124 cm³/mol. The van der Waals surface area contributed by atoms with Crippen LogP contribution in [0.4, 0.5) is 5.69 Å². The van der Waals surface area contributed by atoms with Crippen LogP contribution in [0.1, 0.15) is 12.5 Å². The van der Waals surface area contributed by atoms with E-state index in [2.05, 4.69) is 22.6 Å². The molecular weight excluding hydrogens is 517 g/mol. The Hall–Kier alpha value is -1.29. The first-order chi connectivity index (χ1) is 12.9. The summed E-state index contributed by atoms with van der Waals surface area (Å²) in [4.78, 5) is 14.9. The highest BCUT2D eigenvalue weighted by atomic mass is 127. The molecule has 3 rings (SSSR count). The molecule has 1 fully saturated rings. The second-order valence-electron chi connectivity index (χ2n) is 5.46. The smallest absolute Gasteiger partial charge is 0.270 e. The Morgan fingerprint density at radius 2 is 2.11 bits per heavy atom. The van der Waals surface area contributed by atoms with Gasteiger partial charge in [-0.15, -0.1) is 0 Å². The molecule has 0 aromatic heterocycles. The Morgan fingerprint density at radius 1 is 1.33 bits per heavy atom. The van der Waals surface area contributed by atoms with Crippen LogP contribution in [-0.2, 0) is 4.79 Å². The van der Waals surface area contributed by atoms with Gasteiger partial charge in [0.05, 0.1) is 27.9 Å². The molecule has 0 bridgehead atoms. The number of halogens is 2. The third-order valence-electron chi connectivity index (χ3n) is 3.69. The number of rotatable bonds is 5. The van der Waals surface area contributed by atoms with Crippen LogP contribution in [0.15, 0.2) is 41.3 Å². The van der Waals surface area contributed by atoms with E-state index in [-0.39, 0.29) is 5.91 Å². The molecule has 2 aromatic carbocycles. The zero-order chi connectivity index (χ0) is 19.6. The van der Waals surface area contributed by atoms with Crippen molar-refractivity contribution in [3.8, 4) is 11.5 Å². The van der Waals surface area contributed by atoms with Gasteiger partial charge in [-0.25, -0.2) is 0 Å². The Balaban J connectivity index is 1.96. The average molecular weight is 532 g/mol. The van der Waals surface area contributed by atoms with Crippen molar-refractivity contribution in [1.82, 2.24) is 0 Å². The summed E-state index contributed by atoms with van der Waals surface area (Å²) >= 11 is 14.9. The second-order valence-corrected chi connectivity index (χ2v) is 8.74. The van der Waals surface area contributed by atoms with Gasteiger partial charge in [0.1, 0.15) is 0 Å². The average Bonchev–Trinajstić information content (AvgIpc) is 2.88. The zero-order valence-corrected chi connectivity index (χ0v) is 19.0. The van der Waals surface area contributed by atoms with Gasteiger partial charge in [-0.2, -0.15) is 0 Å². The highest BCUT2D eigenvalue weighted by Gasteiger charge is 2.33. The van der Waals surface area contributed by atoms with Gasteiger partial charge in [-0.3, -0.25) is 9.69 Å². The lowest BCUT2D eigenvalue weighted by atomic mass is 10.1. The number of ether oxygens (including phenoxy) is 2. The SMILES string of the molecule is CCOc1cc(/C=C2/SC(=S)N(c3cccc(Cl)c3)C2=O)cc(I)c1OC. The Morgan fingerprint density at radius 3 is 2.78 bits per heavy atom. The van der Waals surface area contributed by atoms with Crippen molar-refractivity contribution in [2.24, 2.45) is 0 Å². The largest absolute Gasteiger partial charge is 0.492 e. The molecule has 1 aliphatic rings. The molecule has 0 saturated carbocycles. The highest BCUT2D eigenvalue weighted by Crippen LogP contribution is 2.39. The summed E-state index contributed by atoms with van der Waals surface area (Å²) in [5, 5.41) is 0.552. The molecule has 0 spiro atoms. The summed E-state index contributed by atoms with van der Waals surface area (Å²) in [6.07, 6.45) is 1.81. The standard InChI is InChI=1S/C19H15ClINO3S2/c1-3-25-15-8-11(7-14(21)17(15)24-2)9-16-18(23)22(19(26)27-16)13-6-4-5-12(20)10-13/h4-10H,3H2,1-2H3/b16-9+. The van der Waals surface area contributed by atoms with Crippen molar-refractivity contribution in [3.63, 3.8) is 0 Å². The van der Waals surface area contributed by atoms with Crippen molar-refractivity contribution in [2.45, 2.75) is 6.92 Å². The number of thioether (sulfide) groups is 1. The van der Waals surface area contributed by atoms with E-state index in [9.17, 15) is 4.79 Å². The minimum absolute atomic E-state index is 0.170. The number of hydrogen-bond acceptors (Lipinski definition) is 5. The molecule has 0 aliphatic carbocycles. The van der Waals surface area contributed by atoms with E-state index in [4.69, 9.17) is 33.3 Å². The Labute approximate surface area is 186 Å². The normalized spacial score (nSPS) is 15.6. The number of hydrogen-bond donors (Lipinski definition) is 0. The number of thiocarbonyl (C=S) groups is 1. The monoisotopic (exact) mass is 531 g/mol. The topological polar surface area (TPSA) is 38.8 Å². The van der Waals surface area contributed by atoms with Crippen LogP contribution in [0.25, 0.3) is 6.08 Å². The molecule has 8 heteroatoms. The summed E-state index contributed by atoms with van der Waals surface area (Å²) in [6.45, 7) is 2.43. The van der Waals surface area contributed by atoms with Crippen LogP contribution in [0.3, 0.4) is 0 Å². The fraction of sp³-hybridized carbons (Fsp3) is 0.158. The number of nitrogens with zero attached hydrogens (tertiary/aromatic N) is 1.